The zero-order valence-electron chi connectivity index (χ0n) is 15.7. The van der Waals surface area contributed by atoms with Crippen LogP contribution in [0.25, 0.3) is 0 Å². The quantitative estimate of drug-likeness (QED) is 0.379. The van der Waals surface area contributed by atoms with E-state index in [-0.39, 0.29) is 47.6 Å². The molecule has 1 unspecified atom stereocenters. The first-order valence-corrected chi connectivity index (χ1v) is 9.29. The highest BCUT2D eigenvalue weighted by Crippen LogP contribution is 2.38. The highest BCUT2D eigenvalue weighted by atomic mass is 127. The van der Waals surface area contributed by atoms with E-state index in [1.165, 1.54) is 7.11 Å². The van der Waals surface area contributed by atoms with Gasteiger partial charge in [0.2, 0.25) is 0 Å². The monoisotopic (exact) mass is 497 g/mol. The number of hydrogen-bond acceptors (Lipinski definition) is 3. The van der Waals surface area contributed by atoms with Gasteiger partial charge in [-0.2, -0.15) is 0 Å². The third kappa shape index (κ3) is 4.34. The molecule has 1 saturated carbocycles. The van der Waals surface area contributed by atoms with E-state index in [1.807, 2.05) is 30.3 Å². The standard InChI is InChI=1S/C21H24FN3O2.HI/c1-26-20-7-6-13(12-17(20)22)14-10-15(11-14)24-21(23)25-18-8-9-27-19-5-3-2-4-16(18)19;/h2-7,12,14-15,18H,8-11H2,1H3,(H3,23,24,25);1H. The largest absolute Gasteiger partial charge is 0.494 e. The molecule has 28 heavy (non-hydrogen) atoms. The average Bonchev–Trinajstić information content (AvgIpc) is 2.64. The molecule has 1 fully saturated rings. The second kappa shape index (κ2) is 8.98. The highest BCUT2D eigenvalue weighted by molar-refractivity contribution is 14.0. The zero-order valence-corrected chi connectivity index (χ0v) is 18.1. The van der Waals surface area contributed by atoms with Crippen molar-refractivity contribution in [3.63, 3.8) is 0 Å². The molecule has 5 nitrogen and oxygen atoms in total. The van der Waals surface area contributed by atoms with E-state index in [1.54, 1.807) is 12.1 Å². The van der Waals surface area contributed by atoms with Gasteiger partial charge in [0.25, 0.3) is 0 Å². The molecule has 0 saturated heterocycles. The number of para-hydroxylation sites is 1. The van der Waals surface area contributed by atoms with E-state index < -0.39 is 0 Å². The summed E-state index contributed by atoms with van der Waals surface area (Å²) < 4.78 is 24.5. The van der Waals surface area contributed by atoms with Gasteiger partial charge in [0.1, 0.15) is 5.75 Å². The van der Waals surface area contributed by atoms with Crippen LogP contribution in [0.5, 0.6) is 11.5 Å². The summed E-state index contributed by atoms with van der Waals surface area (Å²) >= 11 is 0. The van der Waals surface area contributed by atoms with Crippen molar-refractivity contribution in [3.05, 3.63) is 59.4 Å². The van der Waals surface area contributed by atoms with Gasteiger partial charge in [0.05, 0.1) is 19.8 Å². The number of nitrogens with zero attached hydrogens (tertiary/aromatic N) is 1. The highest BCUT2D eigenvalue weighted by Gasteiger charge is 2.31. The number of ether oxygens (including phenoxy) is 2. The maximum absolute atomic E-state index is 13.9. The van der Waals surface area contributed by atoms with Crippen LogP contribution in [0.4, 0.5) is 4.39 Å². The lowest BCUT2D eigenvalue weighted by Gasteiger charge is -2.36. The van der Waals surface area contributed by atoms with Crippen molar-refractivity contribution in [1.82, 2.24) is 5.32 Å². The summed E-state index contributed by atoms with van der Waals surface area (Å²) in [5.41, 5.74) is 8.22. The second-order valence-electron chi connectivity index (χ2n) is 7.11. The van der Waals surface area contributed by atoms with Gasteiger partial charge in [-0.15, -0.1) is 24.0 Å². The fourth-order valence-electron chi connectivity index (χ4n) is 3.82. The van der Waals surface area contributed by atoms with E-state index in [4.69, 9.17) is 15.2 Å². The number of hydrogen-bond donors (Lipinski definition) is 2. The Morgan fingerprint density at radius 2 is 2.04 bits per heavy atom. The summed E-state index contributed by atoms with van der Waals surface area (Å²) in [6.07, 6.45) is 2.64. The molecule has 150 valence electrons. The molecular formula is C21H25FIN3O2. The Morgan fingerprint density at radius 1 is 1.25 bits per heavy atom. The molecule has 7 heteroatoms. The number of halogens is 2. The van der Waals surface area contributed by atoms with Gasteiger partial charge in [0, 0.05) is 18.0 Å². The first-order chi connectivity index (χ1) is 13.1. The molecule has 1 atom stereocenters. The normalized spacial score (nSPS) is 23.5. The number of methoxy groups -OCH3 is 1. The lowest BCUT2D eigenvalue weighted by atomic mass is 9.76. The number of aliphatic imine (C=N–C) groups is 1. The Morgan fingerprint density at radius 3 is 2.79 bits per heavy atom. The van der Waals surface area contributed by atoms with E-state index >= 15 is 0 Å². The van der Waals surface area contributed by atoms with E-state index in [0.29, 0.717) is 18.5 Å². The number of nitrogens with two attached hydrogens (primary N) is 1. The van der Waals surface area contributed by atoms with Crippen LogP contribution < -0.4 is 20.5 Å². The first-order valence-electron chi connectivity index (χ1n) is 9.29. The van der Waals surface area contributed by atoms with Crippen LogP contribution in [0, 0.1) is 5.82 Å². The van der Waals surface area contributed by atoms with Crippen molar-refractivity contribution in [2.24, 2.45) is 10.7 Å². The van der Waals surface area contributed by atoms with Crippen molar-refractivity contribution in [3.8, 4) is 11.5 Å². The van der Waals surface area contributed by atoms with Crippen LogP contribution in [0.2, 0.25) is 0 Å². The number of fused-ring (bicyclic) bond motifs is 1. The molecular weight excluding hydrogens is 472 g/mol. The summed E-state index contributed by atoms with van der Waals surface area (Å²) in [5.74, 6) is 1.64. The summed E-state index contributed by atoms with van der Waals surface area (Å²) in [7, 11) is 1.47. The van der Waals surface area contributed by atoms with Crippen molar-refractivity contribution in [2.75, 3.05) is 13.7 Å². The third-order valence-corrected chi connectivity index (χ3v) is 5.36. The predicted molar refractivity (Wildman–Crippen MR) is 118 cm³/mol. The molecule has 0 spiro atoms. The van der Waals surface area contributed by atoms with Gasteiger partial charge in [0.15, 0.2) is 17.5 Å². The number of rotatable bonds is 4. The maximum Gasteiger partial charge on any atom is 0.189 e. The first kappa shape index (κ1) is 20.7. The van der Waals surface area contributed by atoms with Gasteiger partial charge in [-0.1, -0.05) is 24.3 Å². The van der Waals surface area contributed by atoms with E-state index in [2.05, 4.69) is 10.3 Å². The Labute approximate surface area is 181 Å². The van der Waals surface area contributed by atoms with Crippen LogP contribution in [0.3, 0.4) is 0 Å². The predicted octanol–water partition coefficient (Wildman–Crippen LogP) is 4.13. The molecule has 1 aliphatic heterocycles. The van der Waals surface area contributed by atoms with Crippen LogP contribution in [0.1, 0.15) is 42.3 Å². The number of guanidine groups is 1. The van der Waals surface area contributed by atoms with E-state index in [9.17, 15) is 4.39 Å². The summed E-state index contributed by atoms with van der Waals surface area (Å²) in [6, 6.07) is 13.4. The molecule has 1 heterocycles. The molecule has 2 aromatic rings. The minimum absolute atomic E-state index is 0. The molecule has 3 N–H and O–H groups in total. The van der Waals surface area contributed by atoms with Crippen molar-refractivity contribution in [1.29, 1.82) is 0 Å². The van der Waals surface area contributed by atoms with Crippen molar-refractivity contribution in [2.45, 2.75) is 37.3 Å². The van der Waals surface area contributed by atoms with Crippen molar-refractivity contribution >= 4 is 29.9 Å². The molecule has 0 bridgehead atoms. The van der Waals surface area contributed by atoms with Crippen LogP contribution in [-0.2, 0) is 0 Å². The Hall–Kier alpha value is -2.03. The SMILES string of the molecule is COc1ccc(C2CC(NC(N)=NC3CCOc4ccccc43)C2)cc1F.I. The lowest BCUT2D eigenvalue weighted by Crippen LogP contribution is -2.46. The van der Waals surface area contributed by atoms with Gasteiger partial charge < -0.3 is 20.5 Å². The minimum atomic E-state index is -0.314. The molecule has 0 aromatic heterocycles. The van der Waals surface area contributed by atoms with Crippen LogP contribution in [-0.4, -0.2) is 25.7 Å². The fraction of sp³-hybridized carbons (Fsp3) is 0.381. The Kier molecular flexibility index (Phi) is 6.64. The molecule has 0 radical (unpaired) electrons. The van der Waals surface area contributed by atoms with Gasteiger partial charge in [-0.05, 0) is 42.5 Å². The third-order valence-electron chi connectivity index (χ3n) is 5.36. The molecule has 4 rings (SSSR count). The lowest BCUT2D eigenvalue weighted by molar-refractivity contribution is 0.269. The van der Waals surface area contributed by atoms with Gasteiger partial charge >= 0.3 is 0 Å². The number of benzene rings is 2. The topological polar surface area (TPSA) is 68.9 Å². The van der Waals surface area contributed by atoms with Crippen LogP contribution in [0.15, 0.2) is 47.5 Å². The number of nitrogens with one attached hydrogen (secondary N) is 1. The van der Waals surface area contributed by atoms with Gasteiger partial charge in [-0.25, -0.2) is 9.38 Å². The second-order valence-corrected chi connectivity index (χ2v) is 7.11. The molecule has 1 aliphatic carbocycles. The minimum Gasteiger partial charge on any atom is -0.494 e. The van der Waals surface area contributed by atoms with Crippen LogP contribution >= 0.6 is 24.0 Å². The molecule has 2 aliphatic rings. The maximum atomic E-state index is 13.9. The zero-order chi connectivity index (χ0) is 18.8. The Bertz CT molecular complexity index is 855. The Balaban J connectivity index is 0.00000225. The van der Waals surface area contributed by atoms with Crippen molar-refractivity contribution < 1.29 is 13.9 Å². The van der Waals surface area contributed by atoms with Gasteiger partial charge in [-0.3, -0.25) is 0 Å². The summed E-state index contributed by atoms with van der Waals surface area (Å²) in [6.45, 7) is 0.646. The summed E-state index contributed by atoms with van der Waals surface area (Å²) in [4.78, 5) is 4.66. The molecule has 0 amide bonds. The average molecular weight is 497 g/mol. The molecule has 2 aromatic carbocycles. The van der Waals surface area contributed by atoms with E-state index in [0.717, 1.165) is 36.1 Å². The summed E-state index contributed by atoms with van der Waals surface area (Å²) in [5, 5.41) is 3.30. The fourth-order valence-corrected chi connectivity index (χ4v) is 3.82. The smallest absolute Gasteiger partial charge is 0.189 e.